The van der Waals surface area contributed by atoms with Gasteiger partial charge in [0.15, 0.2) is 0 Å². The van der Waals surface area contributed by atoms with Crippen molar-refractivity contribution in [3.05, 3.63) is 0 Å². The number of hydrazine groups is 1. The lowest BCUT2D eigenvalue weighted by Gasteiger charge is -2.37. The summed E-state index contributed by atoms with van der Waals surface area (Å²) in [6.07, 6.45) is 2.18. The molecule has 3 N–H and O–H groups in total. The van der Waals surface area contributed by atoms with E-state index in [-0.39, 0.29) is 23.0 Å². The molecule has 3 nitrogen and oxygen atoms in total. The zero-order chi connectivity index (χ0) is 10.6. The van der Waals surface area contributed by atoms with Crippen LogP contribution in [0.2, 0.25) is 0 Å². The van der Waals surface area contributed by atoms with E-state index in [0.29, 0.717) is 5.92 Å². The fourth-order valence-electron chi connectivity index (χ4n) is 3.68. The lowest BCUT2D eigenvalue weighted by Crippen LogP contribution is -2.51. The summed E-state index contributed by atoms with van der Waals surface area (Å²) in [6, 6.07) is 0.216. The molecule has 4 atom stereocenters. The molecular formula is C11H22N2O. The quantitative estimate of drug-likeness (QED) is 0.578. The van der Waals surface area contributed by atoms with Gasteiger partial charge in [0.2, 0.25) is 0 Å². The molecule has 82 valence electrons. The Labute approximate surface area is 86.2 Å². The van der Waals surface area contributed by atoms with Crippen molar-refractivity contribution in [1.29, 1.82) is 0 Å². The van der Waals surface area contributed by atoms with Gasteiger partial charge in [-0.1, -0.05) is 20.8 Å². The van der Waals surface area contributed by atoms with Gasteiger partial charge >= 0.3 is 0 Å². The fourth-order valence-corrected chi connectivity index (χ4v) is 3.68. The molecule has 0 aromatic rings. The maximum Gasteiger partial charge on any atom is 0.0768 e. The molecule has 0 aromatic heterocycles. The van der Waals surface area contributed by atoms with Gasteiger partial charge in [0.05, 0.1) is 12.1 Å². The number of hydrogen-bond acceptors (Lipinski definition) is 3. The molecule has 0 aliphatic heterocycles. The highest BCUT2D eigenvalue weighted by Gasteiger charge is 2.65. The number of rotatable bonds is 2. The zero-order valence-electron chi connectivity index (χ0n) is 9.59. The summed E-state index contributed by atoms with van der Waals surface area (Å²) >= 11 is 0. The number of nitrogens with one attached hydrogen (secondary N) is 2. The fraction of sp³-hybridized carbons (Fsp3) is 1.00. The SMILES string of the molecule is CNNC1C2CCC(C)(C1O)C2(C)C. The monoisotopic (exact) mass is 198 g/mol. The largest absolute Gasteiger partial charge is 0.391 e. The molecular weight excluding hydrogens is 176 g/mol. The second kappa shape index (κ2) is 2.94. The third-order valence-electron chi connectivity index (χ3n) is 5.11. The van der Waals surface area contributed by atoms with Gasteiger partial charge in [-0.15, -0.1) is 0 Å². The van der Waals surface area contributed by atoms with E-state index in [1.165, 1.54) is 6.42 Å². The van der Waals surface area contributed by atoms with E-state index in [1.807, 2.05) is 7.05 Å². The zero-order valence-corrected chi connectivity index (χ0v) is 9.59. The predicted octanol–water partition coefficient (Wildman–Crippen LogP) is 0.896. The van der Waals surface area contributed by atoms with Gasteiger partial charge in [0, 0.05) is 5.41 Å². The second-order valence-electron chi connectivity index (χ2n) is 5.65. The summed E-state index contributed by atoms with van der Waals surface area (Å²) in [7, 11) is 1.87. The minimum absolute atomic E-state index is 0.0895. The summed E-state index contributed by atoms with van der Waals surface area (Å²) < 4.78 is 0. The van der Waals surface area contributed by atoms with Crippen LogP contribution in [0.3, 0.4) is 0 Å². The van der Waals surface area contributed by atoms with Crippen LogP contribution in [0.5, 0.6) is 0 Å². The Morgan fingerprint density at radius 1 is 1.29 bits per heavy atom. The Bertz CT molecular complexity index is 241. The van der Waals surface area contributed by atoms with E-state index < -0.39 is 0 Å². The smallest absolute Gasteiger partial charge is 0.0768 e. The van der Waals surface area contributed by atoms with E-state index in [4.69, 9.17) is 0 Å². The van der Waals surface area contributed by atoms with Crippen molar-refractivity contribution >= 4 is 0 Å². The van der Waals surface area contributed by atoms with Crippen LogP contribution in [0.4, 0.5) is 0 Å². The van der Waals surface area contributed by atoms with Crippen molar-refractivity contribution in [1.82, 2.24) is 10.9 Å². The van der Waals surface area contributed by atoms with E-state index in [2.05, 4.69) is 31.6 Å². The molecule has 2 saturated carbocycles. The van der Waals surface area contributed by atoms with Crippen molar-refractivity contribution in [3.8, 4) is 0 Å². The minimum Gasteiger partial charge on any atom is -0.391 e. The van der Waals surface area contributed by atoms with E-state index in [9.17, 15) is 5.11 Å². The van der Waals surface area contributed by atoms with Gasteiger partial charge in [-0.2, -0.15) is 0 Å². The third-order valence-corrected chi connectivity index (χ3v) is 5.11. The normalized spacial score (nSPS) is 49.9. The molecule has 2 bridgehead atoms. The summed E-state index contributed by atoms with van der Waals surface area (Å²) in [6.45, 7) is 6.82. The Hall–Kier alpha value is -0.120. The van der Waals surface area contributed by atoms with Gasteiger partial charge in [0.1, 0.15) is 0 Å². The molecule has 0 amide bonds. The highest BCUT2D eigenvalue weighted by molar-refractivity contribution is 5.16. The summed E-state index contributed by atoms with van der Waals surface area (Å²) in [5.74, 6) is 0.593. The average molecular weight is 198 g/mol. The summed E-state index contributed by atoms with van der Waals surface area (Å²) in [4.78, 5) is 0. The molecule has 2 aliphatic rings. The lowest BCUT2D eigenvalue weighted by atomic mass is 9.70. The predicted molar refractivity (Wildman–Crippen MR) is 56.6 cm³/mol. The standard InChI is InChI=1S/C11H22N2O/c1-10(2)7-5-6-11(10,3)9(14)8(7)13-12-4/h7-9,12-14H,5-6H2,1-4H3. The van der Waals surface area contributed by atoms with Crippen LogP contribution >= 0.6 is 0 Å². The molecule has 0 saturated heterocycles. The molecule has 0 spiro atoms. The first-order valence-corrected chi connectivity index (χ1v) is 5.55. The molecule has 2 aliphatic carbocycles. The third kappa shape index (κ3) is 0.980. The lowest BCUT2D eigenvalue weighted by molar-refractivity contribution is -0.00176. The molecule has 0 radical (unpaired) electrons. The molecule has 4 unspecified atom stereocenters. The molecule has 0 heterocycles. The topological polar surface area (TPSA) is 44.3 Å². The maximum absolute atomic E-state index is 10.3. The van der Waals surface area contributed by atoms with Gasteiger partial charge in [-0.05, 0) is 31.2 Å². The van der Waals surface area contributed by atoms with Crippen molar-refractivity contribution in [2.24, 2.45) is 16.7 Å². The van der Waals surface area contributed by atoms with Crippen molar-refractivity contribution in [3.63, 3.8) is 0 Å². The first-order valence-electron chi connectivity index (χ1n) is 5.55. The van der Waals surface area contributed by atoms with Gasteiger partial charge in [0.25, 0.3) is 0 Å². The highest BCUT2D eigenvalue weighted by atomic mass is 16.3. The van der Waals surface area contributed by atoms with Crippen molar-refractivity contribution < 1.29 is 5.11 Å². The van der Waals surface area contributed by atoms with E-state index in [1.54, 1.807) is 0 Å². The average Bonchev–Trinajstić information content (AvgIpc) is 2.41. The van der Waals surface area contributed by atoms with Gasteiger partial charge in [-0.3, -0.25) is 10.9 Å². The van der Waals surface area contributed by atoms with Gasteiger partial charge in [-0.25, -0.2) is 0 Å². The van der Waals surface area contributed by atoms with Crippen LogP contribution in [-0.2, 0) is 0 Å². The number of fused-ring (bicyclic) bond motifs is 2. The summed E-state index contributed by atoms with van der Waals surface area (Å²) in [5.41, 5.74) is 6.52. The number of aliphatic hydroxyl groups is 1. The molecule has 2 fully saturated rings. The van der Waals surface area contributed by atoms with Crippen LogP contribution in [0.1, 0.15) is 33.6 Å². The first-order chi connectivity index (χ1) is 6.45. The Balaban J connectivity index is 2.29. The van der Waals surface area contributed by atoms with Crippen molar-refractivity contribution in [2.75, 3.05) is 7.05 Å². The number of hydrogen-bond donors (Lipinski definition) is 3. The van der Waals surface area contributed by atoms with Crippen LogP contribution in [0.25, 0.3) is 0 Å². The van der Waals surface area contributed by atoms with Crippen LogP contribution in [0, 0.1) is 16.7 Å². The first kappa shape index (κ1) is 10.4. The molecule has 3 heteroatoms. The van der Waals surface area contributed by atoms with E-state index >= 15 is 0 Å². The number of aliphatic hydroxyl groups excluding tert-OH is 1. The van der Waals surface area contributed by atoms with Gasteiger partial charge < -0.3 is 5.11 Å². The maximum atomic E-state index is 10.3. The Kier molecular flexibility index (Phi) is 2.18. The minimum atomic E-state index is -0.219. The highest BCUT2D eigenvalue weighted by Crippen LogP contribution is 2.65. The summed E-state index contributed by atoms with van der Waals surface area (Å²) in [5, 5.41) is 10.3. The van der Waals surface area contributed by atoms with Crippen LogP contribution in [-0.4, -0.2) is 24.3 Å². The molecule has 2 rings (SSSR count). The molecule has 0 aromatic carbocycles. The Morgan fingerprint density at radius 3 is 2.36 bits per heavy atom. The van der Waals surface area contributed by atoms with E-state index in [0.717, 1.165) is 6.42 Å². The molecule has 14 heavy (non-hydrogen) atoms. The second-order valence-corrected chi connectivity index (χ2v) is 5.65. The Morgan fingerprint density at radius 2 is 1.93 bits per heavy atom. The van der Waals surface area contributed by atoms with Crippen LogP contribution < -0.4 is 10.9 Å². The van der Waals surface area contributed by atoms with Crippen molar-refractivity contribution in [2.45, 2.75) is 45.8 Å². The van der Waals surface area contributed by atoms with Crippen LogP contribution in [0.15, 0.2) is 0 Å².